The lowest BCUT2D eigenvalue weighted by molar-refractivity contribution is 0.386. The number of nitrogens with two attached hydrogens (primary N) is 1. The van der Waals surface area contributed by atoms with Crippen LogP contribution in [0.1, 0.15) is 18.0 Å². The third-order valence-electron chi connectivity index (χ3n) is 3.22. The highest BCUT2D eigenvalue weighted by atomic mass is 35.5. The molecule has 0 saturated carbocycles. The Kier molecular flexibility index (Phi) is 3.91. The molecule has 1 fully saturated rings. The van der Waals surface area contributed by atoms with E-state index >= 15 is 0 Å². The maximum atomic E-state index is 13.8. The van der Waals surface area contributed by atoms with Crippen LogP contribution in [0.2, 0.25) is 5.02 Å². The van der Waals surface area contributed by atoms with Crippen molar-refractivity contribution in [3.8, 4) is 0 Å². The Morgan fingerprint density at radius 1 is 1.50 bits per heavy atom. The Morgan fingerprint density at radius 2 is 2.22 bits per heavy atom. The normalized spacial score (nSPS) is 24.1. The second-order valence-electron chi connectivity index (χ2n) is 4.47. The van der Waals surface area contributed by atoms with Crippen molar-refractivity contribution < 1.29 is 12.8 Å². The van der Waals surface area contributed by atoms with E-state index in [1.165, 1.54) is 12.1 Å². The molecule has 0 aliphatic carbocycles. The van der Waals surface area contributed by atoms with E-state index in [4.69, 9.17) is 17.4 Å². The van der Waals surface area contributed by atoms with Crippen molar-refractivity contribution in [3.05, 3.63) is 34.6 Å². The summed E-state index contributed by atoms with van der Waals surface area (Å²) in [6.07, 6.45) is 0.485. The number of hydrogen-bond donors (Lipinski definition) is 2. The van der Waals surface area contributed by atoms with Gasteiger partial charge in [0.25, 0.3) is 0 Å². The molecule has 0 amide bonds. The van der Waals surface area contributed by atoms with Crippen LogP contribution >= 0.6 is 11.6 Å². The second kappa shape index (κ2) is 5.13. The number of halogens is 2. The molecule has 0 aromatic heterocycles. The number of nitrogens with one attached hydrogen (secondary N) is 1. The topological polar surface area (TPSA) is 72.2 Å². The first-order valence-corrected chi connectivity index (χ1v) is 7.74. The number of benzene rings is 1. The van der Waals surface area contributed by atoms with Crippen LogP contribution in [0.3, 0.4) is 0 Å². The molecule has 4 nitrogen and oxygen atoms in total. The average Bonchev–Trinajstić information content (AvgIpc) is 2.63. The van der Waals surface area contributed by atoms with E-state index in [1.54, 1.807) is 6.07 Å². The van der Waals surface area contributed by atoms with Gasteiger partial charge in [0.1, 0.15) is 5.82 Å². The fourth-order valence-corrected chi connectivity index (χ4v) is 4.32. The van der Waals surface area contributed by atoms with Crippen LogP contribution in [0.15, 0.2) is 18.2 Å². The van der Waals surface area contributed by atoms with E-state index in [2.05, 4.69) is 5.43 Å². The Balaban J connectivity index is 2.29. The van der Waals surface area contributed by atoms with Gasteiger partial charge in [0, 0.05) is 10.6 Å². The lowest BCUT2D eigenvalue weighted by atomic mass is 9.93. The van der Waals surface area contributed by atoms with E-state index in [0.717, 1.165) is 0 Å². The first-order chi connectivity index (χ1) is 8.43. The van der Waals surface area contributed by atoms with E-state index in [-0.39, 0.29) is 17.4 Å². The lowest BCUT2D eigenvalue weighted by Gasteiger charge is -2.22. The van der Waals surface area contributed by atoms with Gasteiger partial charge in [-0.05, 0) is 24.5 Å². The summed E-state index contributed by atoms with van der Waals surface area (Å²) in [5.41, 5.74) is 2.86. The van der Waals surface area contributed by atoms with E-state index in [0.29, 0.717) is 17.0 Å². The summed E-state index contributed by atoms with van der Waals surface area (Å²) in [4.78, 5) is 0. The monoisotopic (exact) mass is 292 g/mol. The Morgan fingerprint density at radius 3 is 2.72 bits per heavy atom. The van der Waals surface area contributed by atoms with Crippen molar-refractivity contribution >= 4 is 21.4 Å². The first-order valence-electron chi connectivity index (χ1n) is 5.54. The first kappa shape index (κ1) is 13.7. The number of sulfone groups is 1. The maximum Gasteiger partial charge on any atom is 0.150 e. The molecule has 100 valence electrons. The molecule has 1 saturated heterocycles. The minimum atomic E-state index is -3.02. The quantitative estimate of drug-likeness (QED) is 0.653. The van der Waals surface area contributed by atoms with E-state index < -0.39 is 21.7 Å². The minimum Gasteiger partial charge on any atom is -0.271 e. The van der Waals surface area contributed by atoms with Crippen LogP contribution in [0.5, 0.6) is 0 Å². The molecule has 2 unspecified atom stereocenters. The zero-order chi connectivity index (χ0) is 13.3. The summed E-state index contributed by atoms with van der Waals surface area (Å²) in [7, 11) is -3.02. The third-order valence-corrected chi connectivity index (χ3v) is 5.25. The fraction of sp³-hybridized carbons (Fsp3) is 0.455. The van der Waals surface area contributed by atoms with Crippen molar-refractivity contribution in [2.45, 2.75) is 12.5 Å². The molecule has 0 spiro atoms. The smallest absolute Gasteiger partial charge is 0.150 e. The number of hydrazine groups is 1. The van der Waals surface area contributed by atoms with Gasteiger partial charge in [-0.1, -0.05) is 17.7 Å². The van der Waals surface area contributed by atoms with Gasteiger partial charge < -0.3 is 0 Å². The minimum absolute atomic E-state index is 0.0317. The van der Waals surface area contributed by atoms with Crippen LogP contribution in [0.25, 0.3) is 0 Å². The molecule has 1 heterocycles. The summed E-state index contributed by atoms with van der Waals surface area (Å²) in [6.45, 7) is 0. The molecule has 0 bridgehead atoms. The van der Waals surface area contributed by atoms with Crippen LogP contribution in [0.4, 0.5) is 4.39 Å². The number of hydrogen-bond acceptors (Lipinski definition) is 4. The molecule has 1 aliphatic rings. The molecule has 1 aliphatic heterocycles. The third kappa shape index (κ3) is 2.83. The Bertz CT molecular complexity index is 550. The van der Waals surface area contributed by atoms with Gasteiger partial charge in [-0.3, -0.25) is 11.3 Å². The predicted octanol–water partition coefficient (Wildman–Crippen LogP) is 1.42. The molecule has 1 aromatic rings. The van der Waals surface area contributed by atoms with Crippen molar-refractivity contribution in [2.75, 3.05) is 11.5 Å². The summed E-state index contributed by atoms with van der Waals surface area (Å²) >= 11 is 5.68. The molecule has 7 heteroatoms. The summed E-state index contributed by atoms with van der Waals surface area (Å²) in [5, 5.41) is 0.297. The molecule has 0 radical (unpaired) electrons. The zero-order valence-electron chi connectivity index (χ0n) is 9.57. The number of rotatable bonds is 3. The van der Waals surface area contributed by atoms with E-state index in [1.807, 2.05) is 0 Å². The molecule has 2 atom stereocenters. The molecular weight excluding hydrogens is 279 g/mol. The fourth-order valence-electron chi connectivity index (χ4n) is 2.32. The summed E-state index contributed by atoms with van der Waals surface area (Å²) in [5.74, 6) is 4.91. The van der Waals surface area contributed by atoms with Crippen LogP contribution in [0, 0.1) is 11.7 Å². The van der Waals surface area contributed by atoms with Crippen LogP contribution in [-0.4, -0.2) is 19.9 Å². The average molecular weight is 293 g/mol. The summed E-state index contributed by atoms with van der Waals surface area (Å²) in [6, 6.07) is 3.78. The highest BCUT2D eigenvalue weighted by Gasteiger charge is 2.35. The maximum absolute atomic E-state index is 13.8. The van der Waals surface area contributed by atoms with Gasteiger partial charge in [-0.25, -0.2) is 12.8 Å². The second-order valence-corrected chi connectivity index (χ2v) is 7.14. The SMILES string of the molecule is NNC(c1ccc(Cl)cc1F)C1CCS(=O)(=O)C1. The molecule has 18 heavy (non-hydrogen) atoms. The van der Waals surface area contributed by atoms with Gasteiger partial charge in [-0.2, -0.15) is 0 Å². The molecular formula is C11H14ClFN2O2S. The Hall–Kier alpha value is -0.690. The Labute approximate surface area is 110 Å². The predicted molar refractivity (Wildman–Crippen MR) is 68.2 cm³/mol. The van der Waals surface area contributed by atoms with Crippen molar-refractivity contribution in [1.29, 1.82) is 0 Å². The van der Waals surface area contributed by atoms with Crippen molar-refractivity contribution in [3.63, 3.8) is 0 Å². The summed E-state index contributed by atoms with van der Waals surface area (Å²) < 4.78 is 36.7. The molecule has 2 rings (SSSR count). The molecule has 3 N–H and O–H groups in total. The van der Waals surface area contributed by atoms with Gasteiger partial charge in [0.2, 0.25) is 0 Å². The highest BCUT2D eigenvalue weighted by molar-refractivity contribution is 7.91. The largest absolute Gasteiger partial charge is 0.271 e. The van der Waals surface area contributed by atoms with Gasteiger partial charge in [-0.15, -0.1) is 0 Å². The molecule has 1 aromatic carbocycles. The van der Waals surface area contributed by atoms with E-state index in [9.17, 15) is 12.8 Å². The van der Waals surface area contributed by atoms with Crippen LogP contribution in [-0.2, 0) is 9.84 Å². The van der Waals surface area contributed by atoms with Gasteiger partial charge >= 0.3 is 0 Å². The van der Waals surface area contributed by atoms with Crippen molar-refractivity contribution in [1.82, 2.24) is 5.43 Å². The highest BCUT2D eigenvalue weighted by Crippen LogP contribution is 2.32. The van der Waals surface area contributed by atoms with Crippen molar-refractivity contribution in [2.24, 2.45) is 11.8 Å². The standard InChI is InChI=1S/C11H14ClFN2O2S/c12-8-1-2-9(10(13)5-8)11(15-14)7-3-4-18(16,17)6-7/h1-2,5,7,11,15H,3-4,6,14H2. The lowest BCUT2D eigenvalue weighted by Crippen LogP contribution is -2.34. The zero-order valence-corrected chi connectivity index (χ0v) is 11.1. The van der Waals surface area contributed by atoms with Gasteiger partial charge in [0.15, 0.2) is 9.84 Å². The van der Waals surface area contributed by atoms with Crippen LogP contribution < -0.4 is 11.3 Å². The van der Waals surface area contributed by atoms with Gasteiger partial charge in [0.05, 0.1) is 17.5 Å².